The molecule has 3 aromatic rings. The van der Waals surface area contributed by atoms with Gasteiger partial charge in [-0.05, 0) is 38.1 Å². The van der Waals surface area contributed by atoms with Crippen LogP contribution in [0, 0.1) is 11.3 Å². The molecule has 8 heteroatoms. The van der Waals surface area contributed by atoms with Gasteiger partial charge in [-0.25, -0.2) is 9.67 Å². The maximum Gasteiger partial charge on any atom is 0.215 e. The van der Waals surface area contributed by atoms with Crippen molar-refractivity contribution in [2.75, 3.05) is 7.11 Å². The molecule has 0 radical (unpaired) electrons. The second-order valence-corrected chi connectivity index (χ2v) is 7.39. The van der Waals surface area contributed by atoms with E-state index in [2.05, 4.69) is 16.2 Å². The molecule has 1 aliphatic rings. The van der Waals surface area contributed by atoms with Crippen molar-refractivity contribution >= 4 is 0 Å². The number of aromatic nitrogens is 3. The Morgan fingerprint density at radius 2 is 2.03 bits per heavy atom. The van der Waals surface area contributed by atoms with Crippen molar-refractivity contribution in [3.05, 3.63) is 65.1 Å². The van der Waals surface area contributed by atoms with E-state index in [1.165, 1.54) is 0 Å². The Kier molecular flexibility index (Phi) is 5.40. The molecule has 30 heavy (non-hydrogen) atoms. The van der Waals surface area contributed by atoms with Crippen LogP contribution in [-0.2, 0) is 13.1 Å². The van der Waals surface area contributed by atoms with Crippen molar-refractivity contribution in [2.45, 2.75) is 39.3 Å². The van der Waals surface area contributed by atoms with Gasteiger partial charge in [-0.3, -0.25) is 4.90 Å². The summed E-state index contributed by atoms with van der Waals surface area (Å²) in [4.78, 5) is 6.06. The van der Waals surface area contributed by atoms with E-state index in [-0.39, 0.29) is 6.10 Å². The lowest BCUT2D eigenvalue weighted by atomic mass is 10.1. The van der Waals surface area contributed by atoms with Gasteiger partial charge < -0.3 is 14.6 Å². The minimum Gasteiger partial charge on any atom is -0.491 e. The fourth-order valence-electron chi connectivity index (χ4n) is 3.59. The van der Waals surface area contributed by atoms with Crippen LogP contribution < -0.4 is 9.47 Å². The molecule has 154 valence electrons. The molecule has 0 spiro atoms. The van der Waals surface area contributed by atoms with Gasteiger partial charge in [0.25, 0.3) is 0 Å². The number of ether oxygens (including phenoxy) is 2. The summed E-state index contributed by atoms with van der Waals surface area (Å²) < 4.78 is 12.9. The maximum atomic E-state index is 11.1. The summed E-state index contributed by atoms with van der Waals surface area (Å²) in [5, 5.41) is 24.9. The molecule has 2 aromatic heterocycles. The molecule has 1 atom stereocenters. The van der Waals surface area contributed by atoms with Crippen molar-refractivity contribution in [2.24, 2.45) is 0 Å². The molecule has 0 fully saturated rings. The first-order valence-electron chi connectivity index (χ1n) is 9.69. The molecule has 3 heterocycles. The molecule has 0 amide bonds. The third-order valence-corrected chi connectivity index (χ3v) is 4.98. The van der Waals surface area contributed by atoms with Gasteiger partial charge in [0.1, 0.15) is 12.0 Å². The van der Waals surface area contributed by atoms with Crippen molar-refractivity contribution in [1.29, 1.82) is 5.26 Å². The van der Waals surface area contributed by atoms with Gasteiger partial charge >= 0.3 is 0 Å². The number of fused-ring (bicyclic) bond motifs is 1. The first-order valence-corrected chi connectivity index (χ1v) is 9.69. The first kappa shape index (κ1) is 19.9. The molecule has 0 aliphatic carbocycles. The number of nitrogens with zero attached hydrogens (tertiary/aromatic N) is 5. The van der Waals surface area contributed by atoms with Crippen LogP contribution in [0.1, 0.15) is 42.5 Å². The van der Waals surface area contributed by atoms with E-state index in [0.717, 1.165) is 16.9 Å². The number of rotatable bonds is 6. The van der Waals surface area contributed by atoms with Gasteiger partial charge in [0, 0.05) is 36.5 Å². The summed E-state index contributed by atoms with van der Waals surface area (Å²) in [7, 11) is 1.57. The smallest absolute Gasteiger partial charge is 0.215 e. The molecule has 1 N–H and O–H groups in total. The fourth-order valence-corrected chi connectivity index (χ4v) is 3.59. The number of aliphatic hydroxyl groups is 1. The molecule has 0 saturated carbocycles. The van der Waals surface area contributed by atoms with E-state index in [1.807, 2.05) is 41.8 Å². The number of pyridine rings is 1. The Morgan fingerprint density at radius 1 is 1.20 bits per heavy atom. The molecule has 4 rings (SSSR count). The molecular weight excluding hydrogens is 382 g/mol. The highest BCUT2D eigenvalue weighted by Crippen LogP contribution is 2.35. The van der Waals surface area contributed by atoms with E-state index < -0.39 is 6.23 Å². The minimum atomic E-state index is -0.917. The number of hydrogen-bond donors (Lipinski definition) is 1. The molecule has 1 aliphatic heterocycles. The Hall–Kier alpha value is -3.41. The monoisotopic (exact) mass is 405 g/mol. The number of aliphatic hydroxyl groups excluding tert-OH is 1. The summed E-state index contributed by atoms with van der Waals surface area (Å²) in [5.74, 6) is 1.09. The predicted octanol–water partition coefficient (Wildman–Crippen LogP) is 2.94. The Labute approximate surface area is 174 Å². The zero-order valence-corrected chi connectivity index (χ0v) is 17.1. The van der Waals surface area contributed by atoms with Crippen molar-refractivity contribution in [3.8, 4) is 23.4 Å². The Balaban J connectivity index is 1.62. The number of hydrogen-bond acceptors (Lipinski definition) is 7. The molecule has 0 saturated heterocycles. The molecular formula is C22H23N5O3. The minimum absolute atomic E-state index is 0.0464. The lowest BCUT2D eigenvalue weighted by Gasteiger charge is -2.25. The average molecular weight is 405 g/mol. The first-order chi connectivity index (χ1) is 14.5. The van der Waals surface area contributed by atoms with Crippen LogP contribution >= 0.6 is 0 Å². The zero-order valence-electron chi connectivity index (χ0n) is 17.1. The number of nitriles is 1. The van der Waals surface area contributed by atoms with Crippen LogP contribution in [0.3, 0.4) is 0 Å². The van der Waals surface area contributed by atoms with Crippen LogP contribution in [0.5, 0.6) is 11.6 Å². The topological polar surface area (TPSA) is 96.4 Å². The third-order valence-electron chi connectivity index (χ3n) is 4.98. The normalized spacial score (nSPS) is 14.4. The summed E-state index contributed by atoms with van der Waals surface area (Å²) in [6, 6.07) is 10.9. The van der Waals surface area contributed by atoms with Gasteiger partial charge in [0.05, 0.1) is 42.4 Å². The Morgan fingerprint density at radius 3 is 2.77 bits per heavy atom. The average Bonchev–Trinajstić information content (AvgIpc) is 3.34. The number of methoxy groups -OCH3 is 1. The molecule has 0 bridgehead atoms. The Bertz CT molecular complexity index is 1100. The van der Waals surface area contributed by atoms with Gasteiger partial charge in [-0.15, -0.1) is 0 Å². The summed E-state index contributed by atoms with van der Waals surface area (Å²) in [5.41, 5.74) is 3.93. The van der Waals surface area contributed by atoms with Crippen molar-refractivity contribution in [3.63, 3.8) is 0 Å². The van der Waals surface area contributed by atoms with E-state index in [0.29, 0.717) is 35.8 Å². The van der Waals surface area contributed by atoms with Gasteiger partial charge in [-0.1, -0.05) is 0 Å². The van der Waals surface area contributed by atoms with Crippen LogP contribution in [0.15, 0.2) is 42.7 Å². The van der Waals surface area contributed by atoms with E-state index >= 15 is 0 Å². The van der Waals surface area contributed by atoms with E-state index in [1.54, 1.807) is 31.5 Å². The third kappa shape index (κ3) is 3.73. The quantitative estimate of drug-likeness (QED) is 0.673. The molecule has 8 nitrogen and oxygen atoms in total. The standard InChI is InChI=1S/C22H23N5O3/c1-14(2)30-20-5-4-15(10-23)8-18(20)22(28)26-12-16-11-25-27(19(16)13-26)17-6-7-24-21(9-17)29-3/h4-9,11,14,22,28H,12-13H2,1-3H3. The van der Waals surface area contributed by atoms with Crippen molar-refractivity contribution in [1.82, 2.24) is 19.7 Å². The van der Waals surface area contributed by atoms with E-state index in [9.17, 15) is 10.4 Å². The highest BCUT2D eigenvalue weighted by molar-refractivity contribution is 5.44. The molecule has 1 aromatic carbocycles. The van der Waals surface area contributed by atoms with Gasteiger partial charge in [0.2, 0.25) is 5.88 Å². The van der Waals surface area contributed by atoms with Crippen LogP contribution in [-0.4, -0.2) is 38.0 Å². The van der Waals surface area contributed by atoms with Crippen LogP contribution in [0.4, 0.5) is 0 Å². The summed E-state index contributed by atoms with van der Waals surface area (Å²) >= 11 is 0. The van der Waals surface area contributed by atoms with Crippen LogP contribution in [0.25, 0.3) is 5.69 Å². The highest BCUT2D eigenvalue weighted by Gasteiger charge is 2.31. The number of benzene rings is 1. The fraction of sp³-hybridized carbons (Fsp3) is 0.318. The largest absolute Gasteiger partial charge is 0.491 e. The second-order valence-electron chi connectivity index (χ2n) is 7.39. The SMILES string of the molecule is COc1cc(-n2ncc3c2CN(C(O)c2cc(C#N)ccc2OC(C)C)C3)ccn1. The van der Waals surface area contributed by atoms with Crippen LogP contribution in [0.2, 0.25) is 0 Å². The summed E-state index contributed by atoms with van der Waals surface area (Å²) in [6.07, 6.45) is 2.52. The predicted molar refractivity (Wildman–Crippen MR) is 109 cm³/mol. The highest BCUT2D eigenvalue weighted by atomic mass is 16.5. The van der Waals surface area contributed by atoms with E-state index in [4.69, 9.17) is 9.47 Å². The zero-order chi connectivity index (χ0) is 21.3. The molecule has 1 unspecified atom stereocenters. The van der Waals surface area contributed by atoms with Gasteiger partial charge in [0.15, 0.2) is 0 Å². The van der Waals surface area contributed by atoms with Gasteiger partial charge in [-0.2, -0.15) is 10.4 Å². The lowest BCUT2D eigenvalue weighted by molar-refractivity contribution is -0.00525. The van der Waals surface area contributed by atoms with Crippen molar-refractivity contribution < 1.29 is 14.6 Å². The second kappa shape index (κ2) is 8.14. The lowest BCUT2D eigenvalue weighted by Crippen LogP contribution is -2.25. The summed E-state index contributed by atoms with van der Waals surface area (Å²) in [6.45, 7) is 4.89. The maximum absolute atomic E-state index is 11.1.